The average molecular weight is 461 g/mol. The summed E-state index contributed by atoms with van der Waals surface area (Å²) in [6, 6.07) is 7.70. The maximum Gasteiger partial charge on any atom is 0.471 e. The molecule has 0 atom stereocenters. The molecule has 1 aliphatic rings. The summed E-state index contributed by atoms with van der Waals surface area (Å²) >= 11 is 2.92. The first-order chi connectivity index (χ1) is 14.9. The van der Waals surface area contributed by atoms with Crippen LogP contribution in [-0.2, 0) is 4.79 Å². The molecule has 0 saturated heterocycles. The van der Waals surface area contributed by atoms with Crippen LogP contribution in [0.2, 0.25) is 0 Å². The lowest BCUT2D eigenvalue weighted by atomic mass is 10.1. The highest BCUT2D eigenvalue weighted by atomic mass is 32.1. The zero-order chi connectivity index (χ0) is 21.6. The molecule has 158 valence electrons. The molecular formula is C20H14F3N5OS2. The number of halogens is 3. The molecule has 1 N–H and O–H groups in total. The van der Waals surface area contributed by atoms with Gasteiger partial charge in [0.15, 0.2) is 0 Å². The van der Waals surface area contributed by atoms with Crippen molar-refractivity contribution in [1.82, 2.24) is 19.9 Å². The van der Waals surface area contributed by atoms with Crippen LogP contribution in [0.4, 0.5) is 24.7 Å². The molecular weight excluding hydrogens is 447 g/mol. The van der Waals surface area contributed by atoms with E-state index < -0.39 is 12.1 Å². The fourth-order valence-electron chi connectivity index (χ4n) is 3.46. The normalized spacial score (nSPS) is 14.8. The van der Waals surface area contributed by atoms with E-state index in [1.807, 2.05) is 30.3 Å². The van der Waals surface area contributed by atoms with Gasteiger partial charge < -0.3 is 10.2 Å². The van der Waals surface area contributed by atoms with Crippen LogP contribution in [0.15, 0.2) is 42.2 Å². The lowest BCUT2D eigenvalue weighted by Gasteiger charge is -2.27. The zero-order valence-corrected chi connectivity index (χ0v) is 17.4. The van der Waals surface area contributed by atoms with Crippen molar-refractivity contribution >= 4 is 66.1 Å². The Morgan fingerprint density at radius 3 is 2.87 bits per heavy atom. The highest BCUT2D eigenvalue weighted by Gasteiger charge is 2.43. The van der Waals surface area contributed by atoms with Gasteiger partial charge in [-0.05, 0) is 36.3 Å². The smallest absolute Gasteiger partial charge is 0.340 e. The molecule has 0 spiro atoms. The van der Waals surface area contributed by atoms with Crippen molar-refractivity contribution in [3.05, 3.63) is 47.1 Å². The average Bonchev–Trinajstić information content (AvgIpc) is 3.40. The predicted molar refractivity (Wildman–Crippen MR) is 116 cm³/mol. The van der Waals surface area contributed by atoms with E-state index in [9.17, 15) is 18.0 Å². The van der Waals surface area contributed by atoms with Gasteiger partial charge in [-0.15, -0.1) is 22.7 Å². The summed E-state index contributed by atoms with van der Waals surface area (Å²) in [6.45, 7) is -0.0275. The monoisotopic (exact) mass is 461 g/mol. The van der Waals surface area contributed by atoms with Crippen LogP contribution in [0.25, 0.3) is 26.0 Å². The molecule has 5 rings (SSSR count). The Balaban J connectivity index is 1.44. The quantitative estimate of drug-likeness (QED) is 0.453. The fraction of sp³-hybridized carbons (Fsp3) is 0.200. The number of nitrogens with one attached hydrogen (secondary N) is 1. The van der Waals surface area contributed by atoms with E-state index in [1.54, 1.807) is 16.8 Å². The molecule has 4 aromatic rings. The summed E-state index contributed by atoms with van der Waals surface area (Å²) in [5, 5.41) is 4.04. The van der Waals surface area contributed by atoms with Crippen LogP contribution < -0.4 is 5.32 Å². The van der Waals surface area contributed by atoms with Crippen LogP contribution in [-0.4, -0.2) is 45.0 Å². The molecule has 0 radical (unpaired) electrons. The van der Waals surface area contributed by atoms with Crippen molar-refractivity contribution in [2.75, 3.05) is 18.4 Å². The number of rotatable bonds is 3. The SMILES string of the molecule is O=C(N1CCC=C(c2cc3c(Nc4ccc5scnc5c4)ncnc3s2)C1)C(F)(F)F. The third-order valence-corrected chi connectivity index (χ3v) is 6.85. The van der Waals surface area contributed by atoms with E-state index >= 15 is 0 Å². The number of hydrogen-bond donors (Lipinski definition) is 1. The van der Waals surface area contributed by atoms with Gasteiger partial charge in [0.05, 0.1) is 21.1 Å². The molecule has 4 heterocycles. The second-order valence-corrected chi connectivity index (χ2v) is 8.87. The molecule has 1 amide bonds. The van der Waals surface area contributed by atoms with Crippen LogP contribution in [0.1, 0.15) is 11.3 Å². The van der Waals surface area contributed by atoms with Crippen molar-refractivity contribution in [3.63, 3.8) is 0 Å². The van der Waals surface area contributed by atoms with Crippen LogP contribution >= 0.6 is 22.7 Å². The number of anilines is 2. The van der Waals surface area contributed by atoms with Gasteiger partial charge >= 0.3 is 12.1 Å². The number of carbonyl (C=O) groups excluding carboxylic acids is 1. The standard InChI is InChI=1S/C20H14F3N5OS2/c21-20(22,23)19(29)28-5-1-2-11(8-28)16-7-13-17(24-9-25-18(13)31-16)27-12-3-4-15-14(6-12)26-10-30-15/h2-4,6-7,9-10H,1,5,8H2,(H,24,25,27). The topological polar surface area (TPSA) is 71.0 Å². The van der Waals surface area contributed by atoms with Crippen molar-refractivity contribution in [1.29, 1.82) is 0 Å². The van der Waals surface area contributed by atoms with Gasteiger partial charge in [0.1, 0.15) is 17.0 Å². The third kappa shape index (κ3) is 3.86. The minimum Gasteiger partial charge on any atom is -0.340 e. The maximum atomic E-state index is 12.8. The first-order valence-corrected chi connectivity index (χ1v) is 11.0. The second kappa shape index (κ2) is 7.57. The minimum atomic E-state index is -4.87. The maximum absolute atomic E-state index is 12.8. The molecule has 31 heavy (non-hydrogen) atoms. The summed E-state index contributed by atoms with van der Waals surface area (Å²) in [4.78, 5) is 26.9. The molecule has 6 nitrogen and oxygen atoms in total. The third-order valence-electron chi connectivity index (χ3n) is 4.92. The number of fused-ring (bicyclic) bond motifs is 2. The van der Waals surface area contributed by atoms with Gasteiger partial charge in [-0.3, -0.25) is 4.79 Å². The lowest BCUT2D eigenvalue weighted by molar-refractivity contribution is -0.184. The van der Waals surface area contributed by atoms with Crippen LogP contribution in [0, 0.1) is 0 Å². The number of thiazole rings is 1. The molecule has 1 aliphatic heterocycles. The first kappa shape index (κ1) is 19.9. The lowest BCUT2D eigenvalue weighted by Crippen LogP contribution is -2.43. The highest BCUT2D eigenvalue weighted by Crippen LogP contribution is 2.36. The fourth-order valence-corrected chi connectivity index (χ4v) is 5.15. The van der Waals surface area contributed by atoms with Gasteiger partial charge in [0, 0.05) is 23.7 Å². The molecule has 0 aliphatic carbocycles. The largest absolute Gasteiger partial charge is 0.471 e. The Kier molecular flexibility index (Phi) is 4.86. The van der Waals surface area contributed by atoms with Gasteiger partial charge in [-0.25, -0.2) is 15.0 Å². The molecule has 0 unspecified atom stereocenters. The van der Waals surface area contributed by atoms with Crippen molar-refractivity contribution < 1.29 is 18.0 Å². The van der Waals surface area contributed by atoms with Crippen molar-refractivity contribution in [2.45, 2.75) is 12.6 Å². The van der Waals surface area contributed by atoms with Gasteiger partial charge in [0.2, 0.25) is 0 Å². The Morgan fingerprint density at radius 2 is 2.03 bits per heavy atom. The summed E-state index contributed by atoms with van der Waals surface area (Å²) in [5.41, 5.74) is 4.17. The molecule has 3 aromatic heterocycles. The van der Waals surface area contributed by atoms with Crippen LogP contribution in [0.5, 0.6) is 0 Å². The zero-order valence-electron chi connectivity index (χ0n) is 15.8. The van der Waals surface area contributed by atoms with E-state index in [0.717, 1.165) is 31.1 Å². The summed E-state index contributed by atoms with van der Waals surface area (Å²) in [7, 11) is 0. The van der Waals surface area contributed by atoms with E-state index in [-0.39, 0.29) is 13.1 Å². The van der Waals surface area contributed by atoms with Crippen molar-refractivity contribution in [2.24, 2.45) is 0 Å². The summed E-state index contributed by atoms with van der Waals surface area (Å²) < 4.78 is 39.6. The first-order valence-electron chi connectivity index (χ1n) is 9.29. The number of hydrogen-bond acceptors (Lipinski definition) is 7. The number of carbonyl (C=O) groups is 1. The molecule has 0 fully saturated rings. The van der Waals surface area contributed by atoms with E-state index in [2.05, 4.69) is 20.3 Å². The number of aromatic nitrogens is 3. The number of nitrogens with zero attached hydrogens (tertiary/aromatic N) is 4. The Labute approximate surface area is 182 Å². The van der Waals surface area contributed by atoms with Gasteiger partial charge in [0.25, 0.3) is 0 Å². The number of amides is 1. The molecule has 0 saturated carbocycles. The molecule has 0 bridgehead atoms. The van der Waals surface area contributed by atoms with E-state index in [0.29, 0.717) is 22.6 Å². The van der Waals surface area contributed by atoms with Crippen molar-refractivity contribution in [3.8, 4) is 0 Å². The summed E-state index contributed by atoms with van der Waals surface area (Å²) in [5.74, 6) is -1.21. The number of alkyl halides is 3. The van der Waals surface area contributed by atoms with Gasteiger partial charge in [-0.2, -0.15) is 13.2 Å². The van der Waals surface area contributed by atoms with E-state index in [4.69, 9.17) is 0 Å². The predicted octanol–water partition coefficient (Wildman–Crippen LogP) is 5.22. The second-order valence-electron chi connectivity index (χ2n) is 6.95. The molecule has 11 heteroatoms. The molecule has 1 aromatic carbocycles. The van der Waals surface area contributed by atoms with Gasteiger partial charge in [-0.1, -0.05) is 6.08 Å². The Morgan fingerprint density at radius 1 is 1.16 bits per heavy atom. The van der Waals surface area contributed by atoms with Crippen LogP contribution in [0.3, 0.4) is 0 Å². The highest BCUT2D eigenvalue weighted by molar-refractivity contribution is 7.19. The number of thiophene rings is 1. The van der Waals surface area contributed by atoms with E-state index in [1.165, 1.54) is 17.7 Å². The Hall–Kier alpha value is -3.05. The number of benzene rings is 1. The Bertz CT molecular complexity index is 1330. The minimum absolute atomic E-state index is 0.0540. The summed E-state index contributed by atoms with van der Waals surface area (Å²) in [6.07, 6.45) is -1.18.